The highest BCUT2D eigenvalue weighted by molar-refractivity contribution is 7.78. The number of nitrogens with two attached hydrogens (primary N) is 2. The topological polar surface area (TPSA) is 108 Å². The Morgan fingerprint density at radius 1 is 1.27 bits per heavy atom. The van der Waals surface area contributed by atoms with Gasteiger partial charge in [0.25, 0.3) is 0 Å². The van der Waals surface area contributed by atoms with E-state index in [0.717, 1.165) is 18.4 Å². The number of carbonyl (C=O) groups excluding carboxylic acids is 2. The number of carbonyl (C=O) groups is 2. The van der Waals surface area contributed by atoms with Crippen LogP contribution in [0.25, 0.3) is 0 Å². The van der Waals surface area contributed by atoms with Crippen LogP contribution in [0.5, 0.6) is 0 Å². The third-order valence-corrected chi connectivity index (χ3v) is 6.06. The molecule has 2 atom stereocenters. The molecule has 1 aliphatic carbocycles. The number of nitrogens with zero attached hydrogens (tertiary/aromatic N) is 1. The number of hydrogen-bond donors (Lipinski definition) is 2. The van der Waals surface area contributed by atoms with Crippen LogP contribution in [-0.2, 0) is 20.9 Å². The van der Waals surface area contributed by atoms with Gasteiger partial charge in [0, 0.05) is 27.2 Å². The van der Waals surface area contributed by atoms with Gasteiger partial charge in [0.1, 0.15) is 6.61 Å². The number of esters is 1. The summed E-state index contributed by atoms with van der Waals surface area (Å²) >= 11 is 0. The van der Waals surface area contributed by atoms with Crippen molar-refractivity contribution in [2.24, 2.45) is 21.9 Å². The van der Waals surface area contributed by atoms with E-state index >= 15 is 0 Å². The Labute approximate surface area is 180 Å². The molecule has 0 spiro atoms. The second-order valence-corrected chi connectivity index (χ2v) is 8.99. The number of Topliss-reactive ketones (excluding diaryl/α,β-unsaturated/α-hetero) is 1. The lowest BCUT2D eigenvalue weighted by molar-refractivity contribution is -0.159. The van der Waals surface area contributed by atoms with Crippen LogP contribution in [0.4, 0.5) is 4.20 Å². The minimum Gasteiger partial charge on any atom is -0.460 e. The van der Waals surface area contributed by atoms with Crippen molar-refractivity contribution < 1.29 is 18.5 Å². The lowest BCUT2D eigenvalue weighted by Crippen LogP contribution is -2.39. The van der Waals surface area contributed by atoms with Crippen molar-refractivity contribution in [3.05, 3.63) is 35.9 Å². The van der Waals surface area contributed by atoms with E-state index in [4.69, 9.17) is 23.8 Å². The third-order valence-electron chi connectivity index (χ3n) is 5.43. The van der Waals surface area contributed by atoms with Crippen molar-refractivity contribution in [3.63, 3.8) is 0 Å². The third kappa shape index (κ3) is 7.80. The number of benzene rings is 1. The second kappa shape index (κ2) is 12.2. The first-order valence-corrected chi connectivity index (χ1v) is 11.8. The van der Waals surface area contributed by atoms with Gasteiger partial charge in [-0.2, -0.15) is 0 Å². The summed E-state index contributed by atoms with van der Waals surface area (Å²) < 4.78 is 18.3. The highest BCUT2D eigenvalue weighted by atomic mass is 31.2. The minimum atomic E-state index is -2.10. The molecule has 1 aromatic rings. The van der Waals surface area contributed by atoms with Gasteiger partial charge in [0.2, 0.25) is 0 Å². The zero-order chi connectivity index (χ0) is 22.0. The fourth-order valence-electron chi connectivity index (χ4n) is 3.75. The predicted molar refractivity (Wildman–Crippen MR) is 119 cm³/mol. The van der Waals surface area contributed by atoms with E-state index in [9.17, 15) is 13.8 Å². The van der Waals surface area contributed by atoms with Crippen LogP contribution in [0.2, 0.25) is 0 Å². The number of ether oxygens (including phenoxy) is 1. The molecule has 30 heavy (non-hydrogen) atoms. The van der Waals surface area contributed by atoms with Gasteiger partial charge < -0.3 is 16.2 Å². The second-order valence-electron chi connectivity index (χ2n) is 7.87. The molecule has 4 N–H and O–H groups in total. The molecule has 0 aliphatic heterocycles. The normalized spacial score (nSPS) is 18.0. The van der Waals surface area contributed by atoms with Crippen molar-refractivity contribution in [2.75, 3.05) is 12.7 Å². The summed E-state index contributed by atoms with van der Waals surface area (Å²) in [6.07, 6.45) is 4.12. The number of hydrogen-bond acceptors (Lipinski definition) is 5. The van der Waals surface area contributed by atoms with Gasteiger partial charge in [-0.1, -0.05) is 43.2 Å². The summed E-state index contributed by atoms with van der Waals surface area (Å²) in [6, 6.07) is 8.80. The smallest absolute Gasteiger partial charge is 0.312 e. The minimum absolute atomic E-state index is 0.0477. The largest absolute Gasteiger partial charge is 0.460 e. The number of halogens is 1. The number of aliphatic imine (C=N–C) groups is 1. The monoisotopic (exact) mass is 433 g/mol. The van der Waals surface area contributed by atoms with Gasteiger partial charge >= 0.3 is 5.97 Å². The highest BCUT2D eigenvalue weighted by Gasteiger charge is 2.44. The molecule has 6 nitrogen and oxygen atoms in total. The van der Waals surface area contributed by atoms with Crippen molar-refractivity contribution in [3.8, 4) is 0 Å². The Morgan fingerprint density at radius 3 is 2.57 bits per heavy atom. The van der Waals surface area contributed by atoms with E-state index in [0.29, 0.717) is 32.2 Å². The Balaban J connectivity index is 1.84. The first-order chi connectivity index (χ1) is 14.3. The molecule has 2 rings (SSSR count). The zero-order valence-corrected chi connectivity index (χ0v) is 18.2. The summed E-state index contributed by atoms with van der Waals surface area (Å²) in [5, 5.41) is 0. The van der Waals surface area contributed by atoms with Crippen LogP contribution < -0.4 is 11.5 Å². The summed E-state index contributed by atoms with van der Waals surface area (Å²) in [7, 11) is 2.99. The maximum atomic E-state index is 12.8. The molecule has 1 unspecified atom stereocenters. The lowest BCUT2D eigenvalue weighted by Gasteiger charge is -2.27. The highest BCUT2D eigenvalue weighted by Crippen LogP contribution is 2.43. The van der Waals surface area contributed by atoms with Gasteiger partial charge in [-0.15, -0.1) is 0 Å². The quantitative estimate of drug-likeness (QED) is 0.132. The summed E-state index contributed by atoms with van der Waals surface area (Å²) in [5.74, 6) is -0.275. The molecular weight excluding hydrogens is 403 g/mol. The molecule has 2 radical (unpaired) electrons. The Hall–Kier alpha value is -1.79. The van der Waals surface area contributed by atoms with Gasteiger partial charge in [0.15, 0.2) is 13.3 Å². The standard InChI is InChI=1S/C21H30BFN3O3P/c22-30(23)15-19(25)26-12-6-9-17(24)18(27)13-21(10-4-5-11-21)20(28)29-14-16-7-2-1-3-8-16/h1-3,7-8,17H,4-6,9-15,24H2,(H2,25,26)/t17-,30?/m1/s1. The van der Waals surface area contributed by atoms with Crippen molar-refractivity contribution >= 4 is 33.3 Å². The summed E-state index contributed by atoms with van der Waals surface area (Å²) in [5.41, 5.74) is 11.8. The molecule has 1 aliphatic rings. The molecule has 0 heterocycles. The fraction of sp³-hybridized carbons (Fsp3) is 0.571. The Morgan fingerprint density at radius 2 is 1.93 bits per heavy atom. The van der Waals surface area contributed by atoms with Crippen molar-refractivity contribution in [1.82, 2.24) is 0 Å². The average Bonchev–Trinajstić information content (AvgIpc) is 3.19. The van der Waals surface area contributed by atoms with E-state index in [1.165, 1.54) is 0 Å². The number of rotatable bonds is 12. The van der Waals surface area contributed by atoms with Crippen LogP contribution in [0, 0.1) is 5.41 Å². The maximum absolute atomic E-state index is 12.8. The van der Waals surface area contributed by atoms with Crippen molar-refractivity contribution in [2.45, 2.75) is 57.6 Å². The van der Waals surface area contributed by atoms with Gasteiger partial charge in [-0.05, 0) is 31.2 Å². The van der Waals surface area contributed by atoms with Gasteiger partial charge in [-0.3, -0.25) is 14.6 Å². The average molecular weight is 433 g/mol. The molecule has 1 aromatic carbocycles. The molecule has 162 valence electrons. The first-order valence-electron chi connectivity index (χ1n) is 10.3. The molecule has 9 heteroatoms. The lowest BCUT2D eigenvalue weighted by atomic mass is 9.79. The fourth-order valence-corrected chi connectivity index (χ4v) is 4.15. The molecule has 0 aromatic heterocycles. The predicted octanol–water partition coefficient (Wildman–Crippen LogP) is 3.16. The number of ketones is 1. The van der Waals surface area contributed by atoms with Crippen molar-refractivity contribution in [1.29, 1.82) is 0 Å². The van der Waals surface area contributed by atoms with Crippen LogP contribution in [0.1, 0.15) is 50.5 Å². The van der Waals surface area contributed by atoms with Gasteiger partial charge in [0.05, 0.1) is 17.3 Å². The molecule has 0 saturated heterocycles. The Kier molecular flexibility index (Phi) is 9.93. The van der Waals surface area contributed by atoms with E-state index in [-0.39, 0.29) is 36.8 Å². The van der Waals surface area contributed by atoms with Crippen LogP contribution >= 0.6 is 8.11 Å². The SMILES string of the molecule is [B]P(F)CC(N)=NCCC[C@@H](N)C(=O)CC1(C(=O)OCc2ccccc2)CCCC1. The van der Waals surface area contributed by atoms with E-state index in [1.807, 2.05) is 30.3 Å². The molecule has 0 bridgehead atoms. The molecule has 1 saturated carbocycles. The van der Waals surface area contributed by atoms with Crippen LogP contribution in [-0.4, -0.2) is 43.9 Å². The van der Waals surface area contributed by atoms with E-state index in [1.54, 1.807) is 0 Å². The van der Waals surface area contributed by atoms with Gasteiger partial charge in [-0.25, -0.2) is 4.20 Å². The summed E-state index contributed by atoms with van der Waals surface area (Å²) in [6.45, 7) is 0.561. The Bertz CT molecular complexity index is 727. The van der Waals surface area contributed by atoms with Crippen LogP contribution in [0.15, 0.2) is 35.3 Å². The maximum Gasteiger partial charge on any atom is 0.312 e. The van der Waals surface area contributed by atoms with Crippen LogP contribution in [0.3, 0.4) is 0 Å². The van der Waals surface area contributed by atoms with E-state index in [2.05, 4.69) is 4.99 Å². The molecular formula is C21H30BFN3O3P. The molecule has 0 amide bonds. The summed E-state index contributed by atoms with van der Waals surface area (Å²) in [4.78, 5) is 29.6. The molecule has 1 fully saturated rings. The van der Waals surface area contributed by atoms with E-state index < -0.39 is 19.6 Å². The first kappa shape index (κ1) is 24.5. The number of amidine groups is 1. The zero-order valence-electron chi connectivity index (χ0n) is 17.3.